The minimum absolute atomic E-state index is 0. The van der Waals surface area contributed by atoms with E-state index in [1.807, 2.05) is 0 Å². The van der Waals surface area contributed by atoms with Crippen LogP contribution in [-0.2, 0) is 11.2 Å². The Hall–Kier alpha value is -1.66. The molecule has 0 aromatic heterocycles. The molecule has 1 rings (SSSR count). The number of halogens is 1. The second-order valence-corrected chi connectivity index (χ2v) is 3.97. The summed E-state index contributed by atoms with van der Waals surface area (Å²) in [6, 6.07) is 3.47. The number of benzene rings is 1. The largest absolute Gasteiger partial charge is 0.493 e. The molecule has 1 aromatic carbocycles. The zero-order valence-corrected chi connectivity index (χ0v) is 12.5. The zero-order chi connectivity index (χ0) is 14.4. The highest BCUT2D eigenvalue weighted by atomic mass is 35.5. The number of hydrogen-bond donors (Lipinski definition) is 2. The van der Waals surface area contributed by atoms with Crippen molar-refractivity contribution in [3.8, 4) is 17.2 Å². The topological polar surface area (TPSA) is 91.0 Å². The number of aliphatic carboxylic acids is 1. The van der Waals surface area contributed by atoms with E-state index in [0.717, 1.165) is 5.56 Å². The van der Waals surface area contributed by atoms with E-state index < -0.39 is 11.9 Å². The van der Waals surface area contributed by atoms with Gasteiger partial charge < -0.3 is 25.1 Å². The summed E-state index contributed by atoms with van der Waals surface area (Å²) in [5.41, 5.74) is 6.18. The molecule has 0 aliphatic heterocycles. The van der Waals surface area contributed by atoms with Gasteiger partial charge in [-0.15, -0.1) is 12.4 Å². The Morgan fingerprint density at radius 2 is 1.80 bits per heavy atom. The van der Waals surface area contributed by atoms with Crippen LogP contribution in [0.3, 0.4) is 0 Å². The lowest BCUT2D eigenvalue weighted by Gasteiger charge is -2.17. The third kappa shape index (κ3) is 3.91. The molecule has 1 aromatic rings. The molecule has 3 N–H and O–H groups in total. The number of rotatable bonds is 7. The van der Waals surface area contributed by atoms with Gasteiger partial charge in [-0.2, -0.15) is 0 Å². The molecule has 1 atom stereocenters. The third-order valence-electron chi connectivity index (χ3n) is 2.89. The molecule has 0 heterocycles. The van der Waals surface area contributed by atoms with Crippen LogP contribution in [-0.4, -0.2) is 38.9 Å². The van der Waals surface area contributed by atoms with Crippen molar-refractivity contribution in [2.75, 3.05) is 27.9 Å². The molecular weight excluding hydrogens is 286 g/mol. The maximum absolute atomic E-state index is 11.0. The molecule has 0 bridgehead atoms. The lowest BCUT2D eigenvalue weighted by Crippen LogP contribution is -2.25. The summed E-state index contributed by atoms with van der Waals surface area (Å²) in [5, 5.41) is 9.05. The molecule has 0 saturated carbocycles. The minimum atomic E-state index is -0.931. The van der Waals surface area contributed by atoms with E-state index in [4.69, 9.17) is 25.1 Å². The first-order chi connectivity index (χ1) is 9.08. The highest BCUT2D eigenvalue weighted by Crippen LogP contribution is 2.40. The van der Waals surface area contributed by atoms with E-state index in [9.17, 15) is 4.79 Å². The Bertz CT molecular complexity index is 453. The molecule has 6 nitrogen and oxygen atoms in total. The van der Waals surface area contributed by atoms with Gasteiger partial charge in [0, 0.05) is 6.54 Å². The van der Waals surface area contributed by atoms with E-state index in [0.29, 0.717) is 17.2 Å². The van der Waals surface area contributed by atoms with Crippen LogP contribution in [0.4, 0.5) is 0 Å². The molecule has 20 heavy (non-hydrogen) atoms. The second-order valence-electron chi connectivity index (χ2n) is 3.97. The number of carboxylic acid groups (broad SMARTS) is 1. The van der Waals surface area contributed by atoms with Crippen LogP contribution in [0.15, 0.2) is 12.1 Å². The first-order valence-corrected chi connectivity index (χ1v) is 5.79. The van der Waals surface area contributed by atoms with Crippen LogP contribution in [0.25, 0.3) is 0 Å². The molecule has 0 fully saturated rings. The molecule has 0 aliphatic carbocycles. The lowest BCUT2D eigenvalue weighted by atomic mass is 9.98. The third-order valence-corrected chi connectivity index (χ3v) is 2.89. The van der Waals surface area contributed by atoms with E-state index in [1.165, 1.54) is 21.3 Å². The van der Waals surface area contributed by atoms with Crippen LogP contribution in [0, 0.1) is 5.92 Å². The van der Waals surface area contributed by atoms with Crippen molar-refractivity contribution in [3.63, 3.8) is 0 Å². The number of hydrogen-bond acceptors (Lipinski definition) is 5. The van der Waals surface area contributed by atoms with E-state index in [2.05, 4.69) is 0 Å². The van der Waals surface area contributed by atoms with E-state index >= 15 is 0 Å². The van der Waals surface area contributed by atoms with Crippen molar-refractivity contribution in [2.45, 2.75) is 6.42 Å². The van der Waals surface area contributed by atoms with E-state index in [1.54, 1.807) is 12.1 Å². The van der Waals surface area contributed by atoms with Crippen molar-refractivity contribution in [2.24, 2.45) is 11.7 Å². The smallest absolute Gasteiger partial charge is 0.308 e. The van der Waals surface area contributed by atoms with Crippen LogP contribution in [0.2, 0.25) is 0 Å². The van der Waals surface area contributed by atoms with Gasteiger partial charge in [0.05, 0.1) is 27.2 Å². The summed E-state index contributed by atoms with van der Waals surface area (Å²) in [6.45, 7) is 0.0623. The maximum Gasteiger partial charge on any atom is 0.308 e. The first-order valence-electron chi connectivity index (χ1n) is 5.79. The van der Waals surface area contributed by atoms with Crippen LogP contribution >= 0.6 is 12.4 Å². The highest BCUT2D eigenvalue weighted by Gasteiger charge is 2.21. The van der Waals surface area contributed by atoms with Crippen molar-refractivity contribution >= 4 is 18.4 Å². The van der Waals surface area contributed by atoms with Gasteiger partial charge in [0.1, 0.15) is 0 Å². The predicted octanol–water partition coefficient (Wildman–Crippen LogP) is 1.34. The van der Waals surface area contributed by atoms with Gasteiger partial charge in [0.25, 0.3) is 0 Å². The zero-order valence-electron chi connectivity index (χ0n) is 11.7. The van der Waals surface area contributed by atoms with Crippen LogP contribution in [0.1, 0.15) is 5.56 Å². The standard InChI is InChI=1S/C13H19NO5.ClH/c1-17-10-5-4-8(6-9(7-14)13(15)16)11(18-2)12(10)19-3;/h4-5,9H,6-7,14H2,1-3H3,(H,15,16);1H/t9-;/m1./s1. The Morgan fingerprint density at radius 3 is 2.20 bits per heavy atom. The first kappa shape index (κ1) is 18.3. The fourth-order valence-corrected chi connectivity index (χ4v) is 1.86. The van der Waals surface area contributed by atoms with Gasteiger partial charge in [0.15, 0.2) is 11.5 Å². The summed E-state index contributed by atoms with van der Waals surface area (Å²) in [7, 11) is 4.53. The highest BCUT2D eigenvalue weighted by molar-refractivity contribution is 5.85. The summed E-state index contributed by atoms with van der Waals surface area (Å²) < 4.78 is 15.7. The Morgan fingerprint density at radius 1 is 1.20 bits per heavy atom. The van der Waals surface area contributed by atoms with Gasteiger partial charge in [0.2, 0.25) is 5.75 Å². The normalized spacial score (nSPS) is 11.2. The van der Waals surface area contributed by atoms with Gasteiger partial charge in [-0.05, 0) is 18.1 Å². The molecule has 114 valence electrons. The number of methoxy groups -OCH3 is 3. The van der Waals surface area contributed by atoms with Gasteiger partial charge in [-0.3, -0.25) is 4.79 Å². The minimum Gasteiger partial charge on any atom is -0.493 e. The van der Waals surface area contributed by atoms with Crippen molar-refractivity contribution < 1.29 is 24.1 Å². The number of nitrogens with two attached hydrogens (primary N) is 1. The Kier molecular flexibility index (Phi) is 7.79. The number of carboxylic acids is 1. The fraction of sp³-hybridized carbons (Fsp3) is 0.462. The van der Waals surface area contributed by atoms with Crippen LogP contribution < -0.4 is 19.9 Å². The molecule has 0 unspecified atom stereocenters. The molecule has 0 saturated heterocycles. The molecule has 0 radical (unpaired) electrons. The quantitative estimate of drug-likeness (QED) is 0.790. The molecular formula is C13H20ClNO5. The maximum atomic E-state index is 11.0. The average Bonchev–Trinajstić information content (AvgIpc) is 2.42. The SMILES string of the molecule is COc1ccc(C[C@H](CN)C(=O)O)c(OC)c1OC.Cl. The molecule has 0 aliphatic rings. The van der Waals surface area contributed by atoms with Crippen LogP contribution in [0.5, 0.6) is 17.2 Å². The summed E-state index contributed by atoms with van der Waals surface area (Å²) >= 11 is 0. The van der Waals surface area contributed by atoms with Crippen molar-refractivity contribution in [1.82, 2.24) is 0 Å². The van der Waals surface area contributed by atoms with Crippen molar-refractivity contribution in [3.05, 3.63) is 17.7 Å². The molecule has 7 heteroatoms. The van der Waals surface area contributed by atoms with Gasteiger partial charge in [-0.1, -0.05) is 6.07 Å². The van der Waals surface area contributed by atoms with Crippen molar-refractivity contribution in [1.29, 1.82) is 0 Å². The lowest BCUT2D eigenvalue weighted by molar-refractivity contribution is -0.141. The fourth-order valence-electron chi connectivity index (χ4n) is 1.86. The second kappa shape index (κ2) is 8.50. The average molecular weight is 306 g/mol. The van der Waals surface area contributed by atoms with Gasteiger partial charge >= 0.3 is 5.97 Å². The summed E-state index contributed by atoms with van der Waals surface area (Å²) in [4.78, 5) is 11.0. The molecule has 0 amide bonds. The summed E-state index contributed by atoms with van der Waals surface area (Å²) in [5.74, 6) is -0.140. The van der Waals surface area contributed by atoms with Gasteiger partial charge in [-0.25, -0.2) is 0 Å². The molecule has 0 spiro atoms. The Balaban J connectivity index is 0.00000361. The monoisotopic (exact) mass is 305 g/mol. The number of ether oxygens (including phenoxy) is 3. The number of carbonyl (C=O) groups is 1. The Labute approximate surface area is 124 Å². The summed E-state index contributed by atoms with van der Waals surface area (Å²) in [6.07, 6.45) is 0.273. The van der Waals surface area contributed by atoms with E-state index in [-0.39, 0.29) is 25.4 Å². The predicted molar refractivity (Wildman–Crippen MR) is 77.2 cm³/mol.